The molecule has 2 rings (SSSR count). The summed E-state index contributed by atoms with van der Waals surface area (Å²) in [6, 6.07) is 0.991. The molecule has 1 atom stereocenters. The molecular formula is C13H14F3NO. The molecule has 0 aliphatic heterocycles. The highest BCUT2D eigenvalue weighted by Gasteiger charge is 2.35. The van der Waals surface area contributed by atoms with Crippen molar-refractivity contribution in [3.05, 3.63) is 29.6 Å². The van der Waals surface area contributed by atoms with Gasteiger partial charge in [0.15, 0.2) is 0 Å². The molecule has 1 heterocycles. The number of halogens is 3. The van der Waals surface area contributed by atoms with Crippen LogP contribution in [0.15, 0.2) is 18.5 Å². The SMILES string of the molecule is O=C1CCCCC(c2cnccc2C(F)(F)F)C1. The van der Waals surface area contributed by atoms with Crippen molar-refractivity contribution in [2.24, 2.45) is 0 Å². The Labute approximate surface area is 103 Å². The van der Waals surface area contributed by atoms with Gasteiger partial charge in [-0.1, -0.05) is 6.42 Å². The average molecular weight is 257 g/mol. The van der Waals surface area contributed by atoms with Crippen LogP contribution in [-0.2, 0) is 11.0 Å². The van der Waals surface area contributed by atoms with Crippen LogP contribution in [0.25, 0.3) is 0 Å². The van der Waals surface area contributed by atoms with Crippen LogP contribution >= 0.6 is 0 Å². The van der Waals surface area contributed by atoms with Gasteiger partial charge in [-0.15, -0.1) is 0 Å². The molecule has 0 bridgehead atoms. The number of carbonyl (C=O) groups is 1. The molecule has 1 unspecified atom stereocenters. The Kier molecular flexibility index (Phi) is 3.68. The van der Waals surface area contributed by atoms with Gasteiger partial charge in [0.05, 0.1) is 5.56 Å². The minimum Gasteiger partial charge on any atom is -0.300 e. The number of Topliss-reactive ketones (excluding diaryl/α,β-unsaturated/α-hetero) is 1. The second-order valence-corrected chi connectivity index (χ2v) is 4.65. The number of rotatable bonds is 1. The number of hydrogen-bond acceptors (Lipinski definition) is 2. The zero-order valence-corrected chi connectivity index (χ0v) is 9.83. The van der Waals surface area contributed by atoms with E-state index >= 15 is 0 Å². The number of carbonyl (C=O) groups excluding carboxylic acids is 1. The van der Waals surface area contributed by atoms with Crippen LogP contribution in [0.5, 0.6) is 0 Å². The van der Waals surface area contributed by atoms with E-state index in [1.54, 1.807) is 0 Å². The quantitative estimate of drug-likeness (QED) is 0.718. The molecule has 0 amide bonds. The molecule has 1 aromatic rings. The summed E-state index contributed by atoms with van der Waals surface area (Å²) in [5, 5.41) is 0. The van der Waals surface area contributed by atoms with Crippen LogP contribution < -0.4 is 0 Å². The van der Waals surface area contributed by atoms with Gasteiger partial charge in [0.1, 0.15) is 5.78 Å². The summed E-state index contributed by atoms with van der Waals surface area (Å²) >= 11 is 0. The summed E-state index contributed by atoms with van der Waals surface area (Å²) < 4.78 is 38.7. The third kappa shape index (κ3) is 2.89. The van der Waals surface area contributed by atoms with E-state index in [0.29, 0.717) is 12.8 Å². The second-order valence-electron chi connectivity index (χ2n) is 4.65. The smallest absolute Gasteiger partial charge is 0.300 e. The lowest BCUT2D eigenvalue weighted by molar-refractivity contribution is -0.138. The summed E-state index contributed by atoms with van der Waals surface area (Å²) in [7, 11) is 0. The molecular weight excluding hydrogens is 243 g/mol. The van der Waals surface area contributed by atoms with Gasteiger partial charge >= 0.3 is 6.18 Å². The molecule has 5 heteroatoms. The Morgan fingerprint density at radius 1 is 1.28 bits per heavy atom. The molecule has 2 nitrogen and oxygen atoms in total. The van der Waals surface area contributed by atoms with Crippen molar-refractivity contribution in [2.45, 2.75) is 44.2 Å². The molecule has 98 valence electrons. The predicted molar refractivity (Wildman–Crippen MR) is 60.1 cm³/mol. The number of nitrogens with zero attached hydrogens (tertiary/aromatic N) is 1. The van der Waals surface area contributed by atoms with Crippen LogP contribution in [0.2, 0.25) is 0 Å². The Morgan fingerprint density at radius 3 is 2.78 bits per heavy atom. The largest absolute Gasteiger partial charge is 0.416 e. The fraction of sp³-hybridized carbons (Fsp3) is 0.538. The molecule has 1 aliphatic rings. The van der Waals surface area contributed by atoms with Crippen LogP contribution in [0.4, 0.5) is 13.2 Å². The zero-order chi connectivity index (χ0) is 13.2. The molecule has 18 heavy (non-hydrogen) atoms. The Morgan fingerprint density at radius 2 is 2.06 bits per heavy atom. The Balaban J connectivity index is 2.34. The summed E-state index contributed by atoms with van der Waals surface area (Å²) in [4.78, 5) is 15.3. The monoisotopic (exact) mass is 257 g/mol. The molecule has 0 radical (unpaired) electrons. The zero-order valence-electron chi connectivity index (χ0n) is 9.83. The number of pyridine rings is 1. The van der Waals surface area contributed by atoms with Crippen molar-refractivity contribution in [1.82, 2.24) is 4.98 Å². The normalized spacial score (nSPS) is 21.7. The van der Waals surface area contributed by atoms with E-state index in [4.69, 9.17) is 0 Å². The number of ketones is 1. The first-order valence-electron chi connectivity index (χ1n) is 6.01. The van der Waals surface area contributed by atoms with Crippen molar-refractivity contribution < 1.29 is 18.0 Å². The Hall–Kier alpha value is -1.39. The minimum absolute atomic E-state index is 0.0504. The highest BCUT2D eigenvalue weighted by molar-refractivity contribution is 5.79. The van der Waals surface area contributed by atoms with Crippen molar-refractivity contribution >= 4 is 5.78 Å². The van der Waals surface area contributed by atoms with Gasteiger partial charge in [-0.3, -0.25) is 9.78 Å². The lowest BCUT2D eigenvalue weighted by Gasteiger charge is -2.19. The van der Waals surface area contributed by atoms with Crippen molar-refractivity contribution in [3.63, 3.8) is 0 Å². The van der Waals surface area contributed by atoms with Gasteiger partial charge < -0.3 is 0 Å². The lowest BCUT2D eigenvalue weighted by Crippen LogP contribution is -2.14. The maximum absolute atomic E-state index is 12.9. The van der Waals surface area contributed by atoms with Crippen LogP contribution in [0, 0.1) is 0 Å². The van der Waals surface area contributed by atoms with Gasteiger partial charge in [0.25, 0.3) is 0 Å². The van der Waals surface area contributed by atoms with E-state index in [1.165, 1.54) is 6.20 Å². The van der Waals surface area contributed by atoms with Crippen LogP contribution in [0.1, 0.15) is 49.1 Å². The lowest BCUT2D eigenvalue weighted by atomic mass is 9.89. The average Bonchev–Trinajstić information content (AvgIpc) is 2.53. The first-order valence-corrected chi connectivity index (χ1v) is 6.01. The van der Waals surface area contributed by atoms with E-state index in [9.17, 15) is 18.0 Å². The van der Waals surface area contributed by atoms with Gasteiger partial charge in [-0.25, -0.2) is 0 Å². The number of hydrogen-bond donors (Lipinski definition) is 0. The highest BCUT2D eigenvalue weighted by Crippen LogP contribution is 2.38. The van der Waals surface area contributed by atoms with Gasteiger partial charge in [0, 0.05) is 25.2 Å². The topological polar surface area (TPSA) is 30.0 Å². The van der Waals surface area contributed by atoms with Crippen molar-refractivity contribution in [2.75, 3.05) is 0 Å². The van der Waals surface area contributed by atoms with Gasteiger partial charge in [0.2, 0.25) is 0 Å². The number of alkyl halides is 3. The van der Waals surface area contributed by atoms with Crippen molar-refractivity contribution in [1.29, 1.82) is 0 Å². The molecule has 1 saturated carbocycles. The van der Waals surface area contributed by atoms with E-state index in [2.05, 4.69) is 4.98 Å². The molecule has 0 saturated heterocycles. The maximum atomic E-state index is 12.9. The Bertz CT molecular complexity index is 442. The summed E-state index contributed by atoms with van der Waals surface area (Å²) in [5.41, 5.74) is -0.488. The van der Waals surface area contributed by atoms with Gasteiger partial charge in [-0.05, 0) is 30.4 Å². The summed E-state index contributed by atoms with van der Waals surface area (Å²) in [6.07, 6.45) is 0.900. The predicted octanol–water partition coefficient (Wildman–Crippen LogP) is 3.72. The molecule has 0 N–H and O–H groups in total. The molecule has 1 aromatic heterocycles. The van der Waals surface area contributed by atoms with Crippen LogP contribution in [0.3, 0.4) is 0 Å². The third-order valence-corrected chi connectivity index (χ3v) is 3.33. The first kappa shape index (κ1) is 13.1. The van der Waals surface area contributed by atoms with Gasteiger partial charge in [-0.2, -0.15) is 13.2 Å². The first-order chi connectivity index (χ1) is 8.48. The van der Waals surface area contributed by atoms with E-state index in [0.717, 1.165) is 25.1 Å². The van der Waals surface area contributed by atoms with E-state index in [-0.39, 0.29) is 23.7 Å². The fourth-order valence-electron chi connectivity index (χ4n) is 2.45. The molecule has 1 fully saturated rings. The number of aromatic nitrogens is 1. The van der Waals surface area contributed by atoms with Crippen molar-refractivity contribution in [3.8, 4) is 0 Å². The minimum atomic E-state index is -4.38. The summed E-state index contributed by atoms with van der Waals surface area (Å²) in [5.74, 6) is -0.292. The summed E-state index contributed by atoms with van der Waals surface area (Å²) in [6.45, 7) is 0. The maximum Gasteiger partial charge on any atom is 0.416 e. The highest BCUT2D eigenvalue weighted by atomic mass is 19.4. The molecule has 0 spiro atoms. The fourth-order valence-corrected chi connectivity index (χ4v) is 2.45. The second kappa shape index (κ2) is 5.08. The van der Waals surface area contributed by atoms with Crippen LogP contribution in [-0.4, -0.2) is 10.8 Å². The standard InChI is InChI=1S/C13H14F3NO/c14-13(15,16)12-5-6-17-8-11(12)9-3-1-2-4-10(18)7-9/h5-6,8-9H,1-4,7H2. The van der Waals surface area contributed by atoms with E-state index < -0.39 is 11.7 Å². The van der Waals surface area contributed by atoms with E-state index in [1.807, 2.05) is 0 Å². The molecule has 1 aliphatic carbocycles. The third-order valence-electron chi connectivity index (χ3n) is 3.33. The molecule has 0 aromatic carbocycles.